The molecule has 2 saturated carbocycles. The minimum atomic E-state index is -0.574. The first-order valence-corrected chi connectivity index (χ1v) is 7.81. The Labute approximate surface area is 117 Å². The fraction of sp³-hybridized carbons (Fsp3) is 0.667. The second-order valence-electron chi connectivity index (χ2n) is 7.45. The highest BCUT2D eigenvalue weighted by Crippen LogP contribution is 2.46. The molecule has 0 spiro atoms. The second-order valence-corrected chi connectivity index (χ2v) is 7.45. The van der Waals surface area contributed by atoms with Crippen molar-refractivity contribution in [2.45, 2.75) is 70.3 Å². The quantitative estimate of drug-likeness (QED) is 0.812. The van der Waals surface area contributed by atoms with Crippen LogP contribution >= 0.6 is 0 Å². The van der Waals surface area contributed by atoms with Crippen LogP contribution in [-0.4, -0.2) is 5.11 Å². The van der Waals surface area contributed by atoms with Gasteiger partial charge in [0.2, 0.25) is 0 Å². The molecular weight excluding hydrogens is 232 g/mol. The molecule has 2 fully saturated rings. The van der Waals surface area contributed by atoms with Crippen molar-refractivity contribution in [1.82, 2.24) is 0 Å². The summed E-state index contributed by atoms with van der Waals surface area (Å²) in [6.07, 6.45) is 8.09. The Morgan fingerprint density at radius 1 is 1.05 bits per heavy atom. The fourth-order valence-corrected chi connectivity index (χ4v) is 3.45. The maximum Gasteiger partial charge on any atom is 0.0897 e. The molecule has 0 unspecified atom stereocenters. The number of aliphatic hydroxyl groups is 1. The second kappa shape index (κ2) is 4.63. The number of hydrogen-bond acceptors (Lipinski definition) is 1. The summed E-state index contributed by atoms with van der Waals surface area (Å²) in [4.78, 5) is 0. The first kappa shape index (κ1) is 13.2. The average molecular weight is 258 g/mol. The summed E-state index contributed by atoms with van der Waals surface area (Å²) >= 11 is 0. The largest absolute Gasteiger partial charge is 0.385 e. The molecule has 104 valence electrons. The highest BCUT2D eigenvalue weighted by atomic mass is 16.3. The van der Waals surface area contributed by atoms with E-state index in [-0.39, 0.29) is 0 Å². The molecule has 1 nitrogen and oxygen atoms in total. The lowest BCUT2D eigenvalue weighted by atomic mass is 9.68. The topological polar surface area (TPSA) is 20.2 Å². The highest BCUT2D eigenvalue weighted by molar-refractivity contribution is 5.31. The lowest BCUT2D eigenvalue weighted by Crippen LogP contribution is -2.34. The summed E-state index contributed by atoms with van der Waals surface area (Å²) < 4.78 is 0. The maximum atomic E-state index is 11.0. The Balaban J connectivity index is 1.81. The maximum absolute atomic E-state index is 11.0. The van der Waals surface area contributed by atoms with Gasteiger partial charge in [-0.3, -0.25) is 0 Å². The Bertz CT molecular complexity index is 447. The normalized spacial score (nSPS) is 25.8. The van der Waals surface area contributed by atoms with Crippen molar-refractivity contribution in [2.75, 3.05) is 0 Å². The Kier molecular flexibility index (Phi) is 3.21. The van der Waals surface area contributed by atoms with Gasteiger partial charge < -0.3 is 5.11 Å². The van der Waals surface area contributed by atoms with Gasteiger partial charge in [0.25, 0.3) is 0 Å². The lowest BCUT2D eigenvalue weighted by Gasteiger charge is -2.41. The first-order valence-electron chi connectivity index (χ1n) is 7.81. The van der Waals surface area contributed by atoms with Crippen LogP contribution in [-0.2, 0) is 5.60 Å². The third kappa shape index (κ3) is 2.58. The van der Waals surface area contributed by atoms with Crippen molar-refractivity contribution in [3.8, 4) is 0 Å². The van der Waals surface area contributed by atoms with Crippen molar-refractivity contribution in [1.29, 1.82) is 0 Å². The summed E-state index contributed by atoms with van der Waals surface area (Å²) in [7, 11) is 0. The minimum absolute atomic E-state index is 0.401. The molecule has 1 aromatic carbocycles. The number of rotatable bonds is 2. The van der Waals surface area contributed by atoms with E-state index in [4.69, 9.17) is 0 Å². The van der Waals surface area contributed by atoms with Gasteiger partial charge >= 0.3 is 0 Å². The summed E-state index contributed by atoms with van der Waals surface area (Å²) in [6.45, 7) is 4.63. The smallest absolute Gasteiger partial charge is 0.0897 e. The van der Waals surface area contributed by atoms with Crippen molar-refractivity contribution in [2.24, 2.45) is 5.41 Å². The molecule has 3 rings (SSSR count). The molecule has 0 heterocycles. The predicted molar refractivity (Wildman–Crippen MR) is 79.2 cm³/mol. The zero-order chi connectivity index (χ0) is 13.5. The molecule has 1 aromatic rings. The van der Waals surface area contributed by atoms with Crippen LogP contribution < -0.4 is 0 Å². The third-order valence-electron chi connectivity index (χ3n) is 5.43. The van der Waals surface area contributed by atoms with E-state index in [9.17, 15) is 5.11 Å². The van der Waals surface area contributed by atoms with Crippen LogP contribution in [0.4, 0.5) is 0 Å². The highest BCUT2D eigenvalue weighted by Gasteiger charge is 2.38. The molecular formula is C18H26O. The predicted octanol–water partition coefficient (Wildman–Crippen LogP) is 4.74. The summed E-state index contributed by atoms with van der Waals surface area (Å²) in [5.74, 6) is 0.753. The van der Waals surface area contributed by atoms with Crippen LogP contribution in [0.5, 0.6) is 0 Å². The van der Waals surface area contributed by atoms with Gasteiger partial charge in [0.15, 0.2) is 0 Å². The molecule has 1 heteroatoms. The van der Waals surface area contributed by atoms with Crippen LogP contribution in [0.15, 0.2) is 24.3 Å². The zero-order valence-corrected chi connectivity index (χ0v) is 12.3. The van der Waals surface area contributed by atoms with E-state index < -0.39 is 5.60 Å². The van der Waals surface area contributed by atoms with E-state index in [1.807, 2.05) is 0 Å². The first-order chi connectivity index (χ1) is 8.99. The standard InChI is InChI=1S/C18H26O/c1-17(2)9-11-18(19,12-10-17)16-8-4-7-15(13-16)14-5-3-6-14/h4,7-8,13-14,19H,3,5-6,9-12H2,1-2H3. The number of hydrogen-bond donors (Lipinski definition) is 1. The molecule has 0 amide bonds. The van der Waals surface area contributed by atoms with Gasteiger partial charge in [-0.05, 0) is 61.0 Å². The van der Waals surface area contributed by atoms with Crippen molar-refractivity contribution in [3.05, 3.63) is 35.4 Å². The summed E-state index contributed by atoms with van der Waals surface area (Å²) in [6, 6.07) is 8.78. The average Bonchev–Trinajstić information content (AvgIpc) is 2.32. The SMILES string of the molecule is CC1(C)CCC(O)(c2cccc(C3CCC3)c2)CC1. The van der Waals surface area contributed by atoms with E-state index in [1.54, 1.807) is 0 Å². The van der Waals surface area contributed by atoms with Gasteiger partial charge in [-0.2, -0.15) is 0 Å². The summed E-state index contributed by atoms with van der Waals surface area (Å²) in [5, 5.41) is 11.0. The number of benzene rings is 1. The Morgan fingerprint density at radius 2 is 1.74 bits per heavy atom. The lowest BCUT2D eigenvalue weighted by molar-refractivity contribution is -0.0306. The molecule has 0 radical (unpaired) electrons. The molecule has 0 aromatic heterocycles. The van der Waals surface area contributed by atoms with Crippen LogP contribution in [0.3, 0.4) is 0 Å². The van der Waals surface area contributed by atoms with Crippen molar-refractivity contribution in [3.63, 3.8) is 0 Å². The van der Waals surface area contributed by atoms with E-state index in [1.165, 1.54) is 24.8 Å². The van der Waals surface area contributed by atoms with E-state index in [0.29, 0.717) is 5.41 Å². The van der Waals surface area contributed by atoms with Crippen LogP contribution in [0, 0.1) is 5.41 Å². The van der Waals surface area contributed by atoms with Gasteiger partial charge in [-0.25, -0.2) is 0 Å². The van der Waals surface area contributed by atoms with Gasteiger partial charge in [0, 0.05) is 0 Å². The van der Waals surface area contributed by atoms with Gasteiger partial charge in [0.1, 0.15) is 0 Å². The van der Waals surface area contributed by atoms with Crippen LogP contribution in [0.1, 0.15) is 75.8 Å². The van der Waals surface area contributed by atoms with Gasteiger partial charge in [-0.1, -0.05) is 44.5 Å². The molecule has 0 saturated heterocycles. The van der Waals surface area contributed by atoms with Gasteiger partial charge in [-0.15, -0.1) is 0 Å². The Morgan fingerprint density at radius 3 is 2.32 bits per heavy atom. The van der Waals surface area contributed by atoms with E-state index in [2.05, 4.69) is 38.1 Å². The molecule has 0 aliphatic heterocycles. The van der Waals surface area contributed by atoms with Crippen LogP contribution in [0.25, 0.3) is 0 Å². The molecule has 0 atom stereocenters. The molecule has 19 heavy (non-hydrogen) atoms. The van der Waals surface area contributed by atoms with Crippen molar-refractivity contribution < 1.29 is 5.11 Å². The monoisotopic (exact) mass is 258 g/mol. The van der Waals surface area contributed by atoms with Crippen molar-refractivity contribution >= 4 is 0 Å². The molecule has 1 N–H and O–H groups in total. The van der Waals surface area contributed by atoms with Gasteiger partial charge in [0.05, 0.1) is 5.60 Å². The molecule has 0 bridgehead atoms. The van der Waals surface area contributed by atoms with E-state index >= 15 is 0 Å². The zero-order valence-electron chi connectivity index (χ0n) is 12.3. The minimum Gasteiger partial charge on any atom is -0.385 e. The Hall–Kier alpha value is -0.820. The van der Waals surface area contributed by atoms with E-state index in [0.717, 1.165) is 37.2 Å². The molecule has 2 aliphatic carbocycles. The van der Waals surface area contributed by atoms with Crippen LogP contribution in [0.2, 0.25) is 0 Å². The molecule has 2 aliphatic rings. The summed E-state index contributed by atoms with van der Waals surface area (Å²) in [5.41, 5.74) is 2.43. The fourth-order valence-electron chi connectivity index (χ4n) is 3.45. The third-order valence-corrected chi connectivity index (χ3v) is 5.43.